The van der Waals surface area contributed by atoms with E-state index in [1.165, 1.54) is 5.56 Å². The van der Waals surface area contributed by atoms with Gasteiger partial charge in [0.25, 0.3) is 0 Å². The van der Waals surface area contributed by atoms with E-state index in [9.17, 15) is 0 Å². The summed E-state index contributed by atoms with van der Waals surface area (Å²) < 4.78 is 28.9. The van der Waals surface area contributed by atoms with Crippen LogP contribution in [-0.4, -0.2) is 4.98 Å². The molecule has 0 fully saturated rings. The van der Waals surface area contributed by atoms with E-state index in [4.69, 9.17) is 8.53 Å². The van der Waals surface area contributed by atoms with Crippen molar-refractivity contribution in [3.05, 3.63) is 65.5 Å². The van der Waals surface area contributed by atoms with Crippen LogP contribution in [0.1, 0.15) is 41.8 Å². The molecule has 0 unspecified atom stereocenters. The van der Waals surface area contributed by atoms with Crippen LogP contribution in [0, 0.1) is 19.2 Å². The second-order valence-electron chi connectivity index (χ2n) is 8.29. The Bertz CT molecular complexity index is 1210. The van der Waals surface area contributed by atoms with E-state index >= 15 is 0 Å². The summed E-state index contributed by atoms with van der Waals surface area (Å²) in [7, 11) is 0. The molecule has 0 atom stereocenters. The molecule has 0 radical (unpaired) electrons. The lowest BCUT2D eigenvalue weighted by Crippen LogP contribution is -2.08. The first-order valence-electron chi connectivity index (χ1n) is 10.4. The van der Waals surface area contributed by atoms with Crippen molar-refractivity contribution < 1.29 is 8.53 Å². The Morgan fingerprint density at radius 3 is 2.65 bits per heavy atom. The van der Waals surface area contributed by atoms with E-state index in [-0.39, 0.29) is 11.2 Å². The molecule has 2 nitrogen and oxygen atoms in total. The fourth-order valence-corrected chi connectivity index (χ4v) is 3.64. The molecule has 132 valence electrons. The van der Waals surface area contributed by atoms with E-state index in [2.05, 4.69) is 44.0 Å². The molecule has 2 aromatic carbocycles. The molecule has 2 heterocycles. The third-order valence-corrected chi connectivity index (χ3v) is 4.58. The summed E-state index contributed by atoms with van der Waals surface area (Å²) in [5.41, 5.74) is 4.74. The first kappa shape index (κ1) is 13.6. The van der Waals surface area contributed by atoms with Gasteiger partial charge < -0.3 is 4.42 Å². The van der Waals surface area contributed by atoms with E-state index in [0.29, 0.717) is 5.58 Å². The summed E-state index contributed by atoms with van der Waals surface area (Å²) >= 11 is 0. The molecule has 0 aliphatic carbocycles. The molecular weight excluding hydrogens is 318 g/mol. The molecule has 0 aliphatic heterocycles. The van der Waals surface area contributed by atoms with Crippen molar-refractivity contribution in [3.63, 3.8) is 0 Å². The lowest BCUT2D eigenvalue weighted by Gasteiger charge is -2.18. The third-order valence-electron chi connectivity index (χ3n) is 4.58. The number of pyridine rings is 1. The molecule has 0 amide bonds. The van der Waals surface area contributed by atoms with E-state index in [1.54, 1.807) is 12.3 Å². The van der Waals surface area contributed by atoms with Gasteiger partial charge in [-0.2, -0.15) is 0 Å². The highest BCUT2D eigenvalue weighted by Crippen LogP contribution is 2.35. The summed E-state index contributed by atoms with van der Waals surface area (Å²) in [6, 6.07) is 14.1. The largest absolute Gasteiger partial charge is 0.461 e. The summed E-state index contributed by atoms with van der Waals surface area (Å²) in [6.45, 7) is 6.42. The van der Waals surface area contributed by atoms with Crippen molar-refractivity contribution >= 4 is 21.7 Å². The van der Waals surface area contributed by atoms with E-state index in [0.717, 1.165) is 39.4 Å². The van der Waals surface area contributed by atoms with Gasteiger partial charge in [0.1, 0.15) is 11.3 Å². The third kappa shape index (κ3) is 3.12. The smallest absolute Gasteiger partial charge is 0.143 e. The lowest BCUT2D eigenvalue weighted by atomic mass is 9.87. The molecule has 0 spiro atoms. The number of fused-ring (bicyclic) bond motifs is 2. The monoisotopic (exact) mass is 346 g/mol. The Hall–Kier alpha value is -2.61. The minimum Gasteiger partial charge on any atom is -0.461 e. The van der Waals surface area contributed by atoms with Crippen LogP contribution in [0.25, 0.3) is 33.0 Å². The number of hydrogen-bond acceptors (Lipinski definition) is 2. The van der Waals surface area contributed by atoms with Gasteiger partial charge in [0, 0.05) is 26.6 Å². The number of aromatic nitrogens is 1. The first-order chi connectivity index (χ1) is 13.5. The normalized spacial score (nSPS) is 14.4. The van der Waals surface area contributed by atoms with Crippen molar-refractivity contribution in [3.8, 4) is 11.3 Å². The van der Waals surface area contributed by atoms with Gasteiger partial charge in [0.2, 0.25) is 0 Å². The van der Waals surface area contributed by atoms with Gasteiger partial charge in [-0.25, -0.2) is 0 Å². The number of benzene rings is 2. The maximum Gasteiger partial charge on any atom is 0.143 e. The van der Waals surface area contributed by atoms with Crippen LogP contribution in [0.4, 0.5) is 0 Å². The second kappa shape index (κ2) is 5.98. The minimum atomic E-state index is -2.28. The van der Waals surface area contributed by atoms with Crippen molar-refractivity contribution in [2.45, 2.75) is 41.0 Å². The van der Waals surface area contributed by atoms with Gasteiger partial charge in [0.15, 0.2) is 0 Å². The number of furan rings is 1. The molecule has 4 rings (SSSR count). The van der Waals surface area contributed by atoms with Crippen LogP contribution in [0.15, 0.2) is 53.1 Å². The predicted molar refractivity (Wildman–Crippen MR) is 110 cm³/mol. The molecule has 0 bridgehead atoms. The van der Waals surface area contributed by atoms with Crippen LogP contribution < -0.4 is 0 Å². The summed E-state index contributed by atoms with van der Waals surface area (Å²) in [6.07, 6.45) is 2.80. The van der Waals surface area contributed by atoms with Crippen molar-refractivity contribution in [1.29, 1.82) is 0 Å². The summed E-state index contributed by atoms with van der Waals surface area (Å²) in [4.78, 5) is 4.64. The number of rotatable bonds is 2. The predicted octanol–water partition coefficient (Wildman–Crippen LogP) is 6.85. The zero-order chi connectivity index (χ0) is 21.0. The van der Waals surface area contributed by atoms with Gasteiger partial charge in [0.05, 0.1) is 5.69 Å². The Labute approximate surface area is 159 Å². The molecule has 0 saturated carbocycles. The fraction of sp³-hybridized carbons (Fsp3) is 0.292. The lowest BCUT2D eigenvalue weighted by molar-refractivity contribution is 0.411. The standard InChI is InChI=1S/C24H25NO/c1-15-10-19-12-16(2)26-23(19)21(11-15)22-20-7-6-17(14-24(3,4)5)13-18(20)8-9-25-22/h6-13H,14H2,1-5H3/i2D3. The highest BCUT2D eigenvalue weighted by Gasteiger charge is 2.15. The van der Waals surface area contributed by atoms with Crippen LogP contribution in [0.5, 0.6) is 0 Å². The maximum atomic E-state index is 7.68. The molecule has 2 aromatic heterocycles. The van der Waals surface area contributed by atoms with Crippen molar-refractivity contribution in [2.24, 2.45) is 5.41 Å². The summed E-state index contributed by atoms with van der Waals surface area (Å²) in [5.74, 6) is 0.00653. The number of hydrogen-bond donors (Lipinski definition) is 0. The van der Waals surface area contributed by atoms with Gasteiger partial charge in [-0.05, 0) is 66.4 Å². The highest BCUT2D eigenvalue weighted by atomic mass is 16.3. The molecule has 2 heteroatoms. The molecule has 4 aromatic rings. The van der Waals surface area contributed by atoms with E-state index < -0.39 is 6.85 Å². The van der Waals surface area contributed by atoms with Gasteiger partial charge in [-0.3, -0.25) is 4.98 Å². The molecular formula is C24H25NO. The van der Waals surface area contributed by atoms with E-state index in [1.807, 2.05) is 25.1 Å². The SMILES string of the molecule is [2H]C([2H])([2H])c1cc2cc(C)cc(-c3nccc4cc(CC(C)(C)C)ccc34)c2o1. The molecule has 0 saturated heterocycles. The number of aryl methyl sites for hydroxylation is 2. The topological polar surface area (TPSA) is 26.0 Å². The Morgan fingerprint density at radius 2 is 1.88 bits per heavy atom. The van der Waals surface area contributed by atoms with Gasteiger partial charge in [-0.15, -0.1) is 0 Å². The first-order valence-corrected chi connectivity index (χ1v) is 8.94. The maximum absolute atomic E-state index is 7.68. The van der Waals surface area contributed by atoms with Gasteiger partial charge in [-0.1, -0.05) is 39.0 Å². The van der Waals surface area contributed by atoms with Crippen LogP contribution >= 0.6 is 0 Å². The van der Waals surface area contributed by atoms with Gasteiger partial charge >= 0.3 is 0 Å². The van der Waals surface area contributed by atoms with Crippen LogP contribution in [-0.2, 0) is 6.42 Å². The zero-order valence-corrected chi connectivity index (χ0v) is 15.7. The Morgan fingerprint density at radius 1 is 1.04 bits per heavy atom. The second-order valence-corrected chi connectivity index (χ2v) is 8.29. The van der Waals surface area contributed by atoms with Crippen LogP contribution in [0.2, 0.25) is 0 Å². The Balaban J connectivity index is 1.92. The quantitative estimate of drug-likeness (QED) is 0.396. The Kier molecular flexibility index (Phi) is 3.12. The average Bonchev–Trinajstić information content (AvgIpc) is 3.03. The average molecular weight is 346 g/mol. The molecule has 26 heavy (non-hydrogen) atoms. The van der Waals surface area contributed by atoms with Crippen molar-refractivity contribution in [1.82, 2.24) is 4.98 Å². The van der Waals surface area contributed by atoms with Crippen LogP contribution in [0.3, 0.4) is 0 Å². The highest BCUT2D eigenvalue weighted by molar-refractivity contribution is 6.02. The molecule has 0 N–H and O–H groups in total. The van der Waals surface area contributed by atoms with Crippen molar-refractivity contribution in [2.75, 3.05) is 0 Å². The fourth-order valence-electron chi connectivity index (χ4n) is 3.64. The zero-order valence-electron chi connectivity index (χ0n) is 18.7. The minimum absolute atomic E-state index is 0.00653. The summed E-state index contributed by atoms with van der Waals surface area (Å²) in [5, 5.41) is 2.94. The molecule has 0 aliphatic rings. The number of nitrogens with zero attached hydrogens (tertiary/aromatic N) is 1.